The minimum atomic E-state index is -2.42. The van der Waals surface area contributed by atoms with Crippen LogP contribution in [-0.2, 0) is 22.0 Å². The summed E-state index contributed by atoms with van der Waals surface area (Å²) in [5.41, 5.74) is 1.04. The molecule has 3 nitrogen and oxygen atoms in total. The van der Waals surface area contributed by atoms with Crippen LogP contribution in [0.3, 0.4) is 0 Å². The van der Waals surface area contributed by atoms with Crippen molar-refractivity contribution in [1.82, 2.24) is 0 Å². The molecule has 1 unspecified atom stereocenters. The van der Waals surface area contributed by atoms with Gasteiger partial charge >= 0.3 is 0 Å². The smallest absolute Gasteiger partial charge is 0.123 e. The fourth-order valence-electron chi connectivity index (χ4n) is 1.21. The van der Waals surface area contributed by atoms with Crippen molar-refractivity contribution in [2.24, 2.45) is 0 Å². The molecule has 1 atom stereocenters. The van der Waals surface area contributed by atoms with E-state index in [4.69, 9.17) is 0 Å². The molecular formula is C10H12FO3S-. The first-order valence-electron chi connectivity index (χ1n) is 4.65. The van der Waals surface area contributed by atoms with Crippen LogP contribution in [0.25, 0.3) is 0 Å². The van der Waals surface area contributed by atoms with Gasteiger partial charge in [0.05, 0.1) is 18.0 Å². The van der Waals surface area contributed by atoms with Gasteiger partial charge in [-0.2, -0.15) is 0 Å². The molecule has 0 bridgehead atoms. The molecule has 0 radical (unpaired) electrons. The van der Waals surface area contributed by atoms with Gasteiger partial charge in [0.15, 0.2) is 0 Å². The van der Waals surface area contributed by atoms with Crippen LogP contribution >= 0.6 is 0 Å². The second-order valence-corrected chi connectivity index (χ2v) is 3.75. The highest BCUT2D eigenvalue weighted by Gasteiger charge is 1.94. The van der Waals surface area contributed by atoms with E-state index < -0.39 is 11.4 Å². The van der Waals surface area contributed by atoms with Gasteiger partial charge in [0.25, 0.3) is 0 Å². The molecular weight excluding hydrogens is 219 g/mol. The van der Waals surface area contributed by atoms with Gasteiger partial charge in [0.1, 0.15) is 5.82 Å². The van der Waals surface area contributed by atoms with Crippen molar-refractivity contribution in [2.75, 3.05) is 6.61 Å². The van der Waals surface area contributed by atoms with E-state index in [1.165, 1.54) is 12.1 Å². The molecule has 0 heterocycles. The zero-order valence-electron chi connectivity index (χ0n) is 8.15. The quantitative estimate of drug-likeness (QED) is 0.555. The van der Waals surface area contributed by atoms with Crippen molar-refractivity contribution in [2.45, 2.75) is 19.3 Å². The Morgan fingerprint density at radius 2 is 1.93 bits per heavy atom. The van der Waals surface area contributed by atoms with Crippen molar-refractivity contribution in [3.8, 4) is 0 Å². The van der Waals surface area contributed by atoms with Crippen LogP contribution in [0, 0.1) is 5.82 Å². The predicted molar refractivity (Wildman–Crippen MR) is 54.2 cm³/mol. The van der Waals surface area contributed by atoms with Crippen LogP contribution in [-0.4, -0.2) is 15.4 Å². The van der Waals surface area contributed by atoms with Crippen LogP contribution in [0.5, 0.6) is 0 Å². The lowest BCUT2D eigenvalue weighted by molar-refractivity contribution is 0.292. The van der Waals surface area contributed by atoms with Crippen LogP contribution in [0.2, 0.25) is 0 Å². The lowest BCUT2D eigenvalue weighted by Gasteiger charge is -2.05. The number of halogens is 1. The monoisotopic (exact) mass is 231 g/mol. The fraction of sp³-hybridized carbons (Fsp3) is 0.400. The SMILES string of the molecule is O=S([O-])OCCCCc1ccc(F)cc1. The standard InChI is InChI=1S/C10H13FO3S/c11-10-6-4-9(5-7-10)3-1-2-8-14-15(12)13/h4-7H,1-3,8H2,(H,12,13)/p-1. The predicted octanol–water partition coefficient (Wildman–Crippen LogP) is 1.96. The van der Waals surface area contributed by atoms with Crippen molar-refractivity contribution in [3.05, 3.63) is 35.6 Å². The van der Waals surface area contributed by atoms with Gasteiger partial charge in [0.2, 0.25) is 0 Å². The highest BCUT2D eigenvalue weighted by Crippen LogP contribution is 2.06. The minimum Gasteiger partial charge on any atom is -0.750 e. The zero-order chi connectivity index (χ0) is 11.1. The number of rotatable bonds is 6. The van der Waals surface area contributed by atoms with Gasteiger partial charge in [-0.15, -0.1) is 0 Å². The van der Waals surface area contributed by atoms with E-state index in [0.29, 0.717) is 6.42 Å². The summed E-state index contributed by atoms with van der Waals surface area (Å²) in [7, 11) is 0. The third-order valence-corrected chi connectivity index (χ3v) is 2.31. The number of hydrogen-bond donors (Lipinski definition) is 0. The molecule has 0 saturated carbocycles. The average Bonchev–Trinajstić information content (AvgIpc) is 2.20. The Kier molecular flexibility index (Phi) is 5.45. The highest BCUT2D eigenvalue weighted by atomic mass is 32.2. The van der Waals surface area contributed by atoms with Crippen LogP contribution in [0.4, 0.5) is 4.39 Å². The Bertz CT molecular complexity index is 313. The van der Waals surface area contributed by atoms with Gasteiger partial charge in [0, 0.05) is 0 Å². The molecule has 0 aliphatic heterocycles. The third kappa shape index (κ3) is 5.61. The Hall–Kier alpha value is -0.780. The van der Waals surface area contributed by atoms with E-state index in [2.05, 4.69) is 4.18 Å². The van der Waals surface area contributed by atoms with Gasteiger partial charge in [-0.1, -0.05) is 12.1 Å². The number of unbranched alkanes of at least 4 members (excludes halogenated alkanes) is 1. The minimum absolute atomic E-state index is 0.206. The second kappa shape index (κ2) is 6.66. The normalized spacial score (nSPS) is 12.7. The van der Waals surface area contributed by atoms with E-state index in [9.17, 15) is 13.2 Å². The summed E-state index contributed by atoms with van der Waals surface area (Å²) in [6.45, 7) is 0.206. The summed E-state index contributed by atoms with van der Waals surface area (Å²) in [4.78, 5) is 0. The molecule has 1 aromatic rings. The van der Waals surface area contributed by atoms with E-state index in [1.54, 1.807) is 12.1 Å². The third-order valence-electron chi connectivity index (χ3n) is 1.95. The highest BCUT2D eigenvalue weighted by molar-refractivity contribution is 7.74. The summed E-state index contributed by atoms with van der Waals surface area (Å²) in [6.07, 6.45) is 2.29. The second-order valence-electron chi connectivity index (χ2n) is 3.11. The zero-order valence-corrected chi connectivity index (χ0v) is 8.97. The molecule has 0 fully saturated rings. The van der Waals surface area contributed by atoms with E-state index in [0.717, 1.165) is 18.4 Å². The number of hydrogen-bond acceptors (Lipinski definition) is 3. The molecule has 0 aromatic heterocycles. The Balaban J connectivity index is 2.15. The van der Waals surface area contributed by atoms with Crippen molar-refractivity contribution < 1.29 is 17.3 Å². The van der Waals surface area contributed by atoms with Gasteiger partial charge in [-0.25, -0.2) is 8.60 Å². The van der Waals surface area contributed by atoms with Crippen LogP contribution in [0.15, 0.2) is 24.3 Å². The summed E-state index contributed by atoms with van der Waals surface area (Å²) in [6, 6.07) is 6.28. The Morgan fingerprint density at radius 1 is 1.27 bits per heavy atom. The number of aryl methyl sites for hydroxylation is 1. The van der Waals surface area contributed by atoms with Crippen molar-refractivity contribution >= 4 is 11.4 Å². The van der Waals surface area contributed by atoms with Gasteiger partial charge < -0.3 is 8.74 Å². The maximum absolute atomic E-state index is 12.5. The van der Waals surface area contributed by atoms with E-state index in [1.807, 2.05) is 0 Å². The maximum atomic E-state index is 12.5. The molecule has 0 spiro atoms. The molecule has 1 aromatic carbocycles. The molecule has 15 heavy (non-hydrogen) atoms. The van der Waals surface area contributed by atoms with E-state index >= 15 is 0 Å². The summed E-state index contributed by atoms with van der Waals surface area (Å²) in [5, 5.41) is 0. The largest absolute Gasteiger partial charge is 0.750 e. The summed E-state index contributed by atoms with van der Waals surface area (Å²) >= 11 is -2.42. The van der Waals surface area contributed by atoms with Crippen molar-refractivity contribution in [1.29, 1.82) is 0 Å². The lowest BCUT2D eigenvalue weighted by atomic mass is 10.1. The molecule has 1 rings (SSSR count). The fourth-order valence-corrected chi connectivity index (χ4v) is 1.46. The first-order chi connectivity index (χ1) is 7.18. The van der Waals surface area contributed by atoms with Gasteiger partial charge in [-0.05, 0) is 37.0 Å². The van der Waals surface area contributed by atoms with E-state index in [-0.39, 0.29) is 12.4 Å². The molecule has 0 aliphatic rings. The molecule has 0 amide bonds. The molecule has 0 N–H and O–H groups in total. The molecule has 0 saturated heterocycles. The first-order valence-corrected chi connectivity index (χ1v) is 5.65. The number of benzene rings is 1. The Morgan fingerprint density at radius 3 is 2.53 bits per heavy atom. The lowest BCUT2D eigenvalue weighted by Crippen LogP contribution is -1.98. The summed E-state index contributed by atoms with van der Waals surface area (Å²) < 4.78 is 36.9. The Labute approximate surface area is 90.8 Å². The molecule has 0 aliphatic carbocycles. The van der Waals surface area contributed by atoms with Gasteiger partial charge in [-0.3, -0.25) is 0 Å². The first kappa shape index (κ1) is 12.3. The molecule has 5 heteroatoms. The van der Waals surface area contributed by atoms with Crippen LogP contribution < -0.4 is 0 Å². The molecule has 84 valence electrons. The maximum Gasteiger partial charge on any atom is 0.123 e. The average molecular weight is 231 g/mol. The topological polar surface area (TPSA) is 49.4 Å². The summed E-state index contributed by atoms with van der Waals surface area (Å²) in [5.74, 6) is -0.246. The van der Waals surface area contributed by atoms with Crippen molar-refractivity contribution in [3.63, 3.8) is 0 Å². The van der Waals surface area contributed by atoms with Crippen LogP contribution in [0.1, 0.15) is 18.4 Å².